The quantitative estimate of drug-likeness (QED) is 0.213. The molecule has 1 aromatic heterocycles. The van der Waals surface area contributed by atoms with Gasteiger partial charge in [-0.3, -0.25) is 0 Å². The van der Waals surface area contributed by atoms with Crippen LogP contribution in [0.2, 0.25) is 0 Å². The van der Waals surface area contributed by atoms with Gasteiger partial charge in [-0.1, -0.05) is 140 Å². The predicted molar refractivity (Wildman–Crippen MR) is 194 cm³/mol. The molecule has 2 heterocycles. The molecule has 47 heavy (non-hydrogen) atoms. The fraction of sp³-hybridized carbons (Fsp3) is 0.0233. The lowest BCUT2D eigenvalue weighted by molar-refractivity contribution is 0.669. The number of nitrogens with zero attached hydrogens (tertiary/aromatic N) is 2. The summed E-state index contributed by atoms with van der Waals surface area (Å²) in [6.45, 7) is 0. The van der Waals surface area contributed by atoms with E-state index in [2.05, 4.69) is 133 Å². The number of aliphatic imine (C=N–C) groups is 2. The van der Waals surface area contributed by atoms with Crippen molar-refractivity contribution in [2.24, 2.45) is 9.98 Å². The van der Waals surface area contributed by atoms with Crippen LogP contribution in [0.5, 0.6) is 0 Å². The van der Waals surface area contributed by atoms with Crippen LogP contribution in [-0.4, -0.2) is 11.7 Å². The molecule has 1 atom stereocenters. The van der Waals surface area contributed by atoms with Gasteiger partial charge in [-0.2, -0.15) is 0 Å². The molecule has 0 aliphatic carbocycles. The highest BCUT2D eigenvalue weighted by Crippen LogP contribution is 2.37. The first kappa shape index (κ1) is 27.1. The maximum absolute atomic E-state index is 6.50. The Hall–Kier alpha value is -6.26. The zero-order valence-electron chi connectivity index (χ0n) is 25.5. The second-order valence-corrected chi connectivity index (χ2v) is 11.9. The van der Waals surface area contributed by atoms with Crippen molar-refractivity contribution in [1.29, 1.82) is 0 Å². The van der Waals surface area contributed by atoms with Gasteiger partial charge >= 0.3 is 0 Å². The van der Waals surface area contributed by atoms with Gasteiger partial charge in [0.1, 0.15) is 22.8 Å². The van der Waals surface area contributed by atoms with Gasteiger partial charge in [0.2, 0.25) is 0 Å². The molecule has 9 rings (SSSR count). The lowest BCUT2D eigenvalue weighted by atomic mass is 9.96. The molecule has 1 N–H and O–H groups in total. The zero-order chi connectivity index (χ0) is 31.2. The number of benzene rings is 7. The Morgan fingerprint density at radius 1 is 0.447 bits per heavy atom. The van der Waals surface area contributed by atoms with E-state index in [4.69, 9.17) is 14.4 Å². The van der Waals surface area contributed by atoms with E-state index in [9.17, 15) is 0 Å². The number of furan rings is 1. The van der Waals surface area contributed by atoms with E-state index in [1.54, 1.807) is 0 Å². The summed E-state index contributed by atoms with van der Waals surface area (Å²) < 4.78 is 6.50. The smallest absolute Gasteiger partial charge is 0.169 e. The molecule has 0 fully saturated rings. The molecule has 0 saturated heterocycles. The molecule has 0 bridgehead atoms. The summed E-state index contributed by atoms with van der Waals surface area (Å²) in [7, 11) is 0. The Kier molecular flexibility index (Phi) is 6.50. The van der Waals surface area contributed by atoms with Crippen molar-refractivity contribution in [3.05, 3.63) is 180 Å². The zero-order valence-corrected chi connectivity index (χ0v) is 25.5. The molecule has 4 heteroatoms. The number of para-hydroxylation sites is 1. The Balaban J connectivity index is 1.23. The SMILES string of the molecule is c1ccc(C2=NC(c3ccc(-c4ccccc4)cc3)N=C(c3cc(-c4ccc5ccccc5c4)cc4oc5ccccc5c34)N2)cc1. The van der Waals surface area contributed by atoms with Gasteiger partial charge in [-0.05, 0) is 62.9 Å². The highest BCUT2D eigenvalue weighted by Gasteiger charge is 2.24. The molecule has 0 radical (unpaired) electrons. The van der Waals surface area contributed by atoms with Crippen molar-refractivity contribution >= 4 is 44.4 Å². The Bertz CT molecular complexity index is 2480. The van der Waals surface area contributed by atoms with E-state index in [0.717, 1.165) is 67.0 Å². The molecule has 1 unspecified atom stereocenters. The second kappa shape index (κ2) is 11.3. The average molecular weight is 604 g/mol. The van der Waals surface area contributed by atoms with Crippen molar-refractivity contribution in [3.63, 3.8) is 0 Å². The van der Waals surface area contributed by atoms with Gasteiger partial charge in [0, 0.05) is 21.9 Å². The van der Waals surface area contributed by atoms with E-state index in [1.165, 1.54) is 16.3 Å². The van der Waals surface area contributed by atoms with Crippen LogP contribution in [0.1, 0.15) is 22.9 Å². The number of hydrogen-bond donors (Lipinski definition) is 1. The van der Waals surface area contributed by atoms with Gasteiger partial charge in [0.15, 0.2) is 6.17 Å². The maximum Gasteiger partial charge on any atom is 0.169 e. The third-order valence-corrected chi connectivity index (χ3v) is 8.92. The van der Waals surface area contributed by atoms with Crippen LogP contribution in [0.25, 0.3) is 55.0 Å². The molecular weight excluding hydrogens is 574 g/mol. The molecule has 0 amide bonds. The summed E-state index contributed by atoms with van der Waals surface area (Å²) in [5, 5.41) is 8.13. The number of nitrogens with one attached hydrogen (secondary N) is 1. The second-order valence-electron chi connectivity index (χ2n) is 11.9. The fourth-order valence-electron chi connectivity index (χ4n) is 6.53. The Morgan fingerprint density at radius 2 is 1.09 bits per heavy atom. The molecule has 4 nitrogen and oxygen atoms in total. The van der Waals surface area contributed by atoms with Crippen molar-refractivity contribution in [1.82, 2.24) is 5.32 Å². The fourth-order valence-corrected chi connectivity index (χ4v) is 6.53. The monoisotopic (exact) mass is 603 g/mol. The number of amidine groups is 2. The normalized spacial score (nSPS) is 14.6. The molecule has 8 aromatic rings. The third kappa shape index (κ3) is 4.97. The van der Waals surface area contributed by atoms with Gasteiger partial charge < -0.3 is 9.73 Å². The Morgan fingerprint density at radius 3 is 1.89 bits per heavy atom. The summed E-state index contributed by atoms with van der Waals surface area (Å²) in [6, 6.07) is 56.9. The van der Waals surface area contributed by atoms with Crippen LogP contribution in [0.15, 0.2) is 178 Å². The topological polar surface area (TPSA) is 49.9 Å². The summed E-state index contributed by atoms with van der Waals surface area (Å²) >= 11 is 0. The minimum atomic E-state index is -0.427. The van der Waals surface area contributed by atoms with Crippen LogP contribution >= 0.6 is 0 Å². The van der Waals surface area contributed by atoms with Crippen LogP contribution in [0.4, 0.5) is 0 Å². The lowest BCUT2D eigenvalue weighted by Crippen LogP contribution is -2.36. The summed E-state index contributed by atoms with van der Waals surface area (Å²) in [5.41, 5.74) is 9.20. The largest absolute Gasteiger partial charge is 0.456 e. The highest BCUT2D eigenvalue weighted by atomic mass is 16.3. The van der Waals surface area contributed by atoms with Crippen molar-refractivity contribution < 1.29 is 4.42 Å². The Labute approximate surface area is 272 Å². The third-order valence-electron chi connectivity index (χ3n) is 8.92. The van der Waals surface area contributed by atoms with E-state index >= 15 is 0 Å². The van der Waals surface area contributed by atoms with Crippen LogP contribution < -0.4 is 5.32 Å². The van der Waals surface area contributed by atoms with Gasteiger partial charge in [0.25, 0.3) is 0 Å². The van der Waals surface area contributed by atoms with Crippen molar-refractivity contribution in [3.8, 4) is 22.3 Å². The molecular formula is C43H29N3O. The number of fused-ring (bicyclic) bond motifs is 4. The molecule has 0 saturated carbocycles. The molecule has 222 valence electrons. The first-order valence-electron chi connectivity index (χ1n) is 15.9. The van der Waals surface area contributed by atoms with E-state index in [1.807, 2.05) is 36.4 Å². The molecule has 0 spiro atoms. The van der Waals surface area contributed by atoms with Crippen molar-refractivity contribution in [2.45, 2.75) is 6.17 Å². The summed E-state index contributed by atoms with van der Waals surface area (Å²) in [6.07, 6.45) is -0.427. The van der Waals surface area contributed by atoms with Gasteiger partial charge in [-0.25, -0.2) is 9.98 Å². The molecule has 1 aliphatic heterocycles. The first-order valence-corrected chi connectivity index (χ1v) is 15.9. The lowest BCUT2D eigenvalue weighted by Gasteiger charge is -2.23. The predicted octanol–water partition coefficient (Wildman–Crippen LogP) is 10.6. The highest BCUT2D eigenvalue weighted by molar-refractivity contribution is 6.24. The molecule has 1 aliphatic rings. The van der Waals surface area contributed by atoms with E-state index in [0.29, 0.717) is 0 Å². The standard InChI is InChI=1S/C43H29N3O/c1-3-11-28(12-4-1)30-19-22-32(23-20-30)42-44-41(31-14-5-2-6-15-31)45-43(46-42)37-26-35(34-24-21-29-13-7-8-16-33(29)25-34)27-39-40(37)36-17-9-10-18-38(36)47-39/h1-27,42H,(H,44,45,46). The number of rotatable bonds is 5. The summed E-state index contributed by atoms with van der Waals surface area (Å²) in [4.78, 5) is 10.4. The first-order chi connectivity index (χ1) is 23.3. The molecule has 7 aromatic carbocycles. The van der Waals surface area contributed by atoms with Gasteiger partial charge in [0.05, 0.1) is 0 Å². The number of hydrogen-bond acceptors (Lipinski definition) is 4. The van der Waals surface area contributed by atoms with Crippen molar-refractivity contribution in [2.75, 3.05) is 0 Å². The van der Waals surface area contributed by atoms with E-state index < -0.39 is 6.17 Å². The minimum Gasteiger partial charge on any atom is -0.456 e. The summed E-state index contributed by atoms with van der Waals surface area (Å²) in [5.74, 6) is 1.54. The van der Waals surface area contributed by atoms with Crippen LogP contribution in [-0.2, 0) is 0 Å². The van der Waals surface area contributed by atoms with Crippen LogP contribution in [0.3, 0.4) is 0 Å². The van der Waals surface area contributed by atoms with Gasteiger partial charge in [-0.15, -0.1) is 0 Å². The average Bonchev–Trinajstić information content (AvgIpc) is 3.53. The minimum absolute atomic E-state index is 0.427. The van der Waals surface area contributed by atoms with E-state index in [-0.39, 0.29) is 0 Å². The maximum atomic E-state index is 6.50. The van der Waals surface area contributed by atoms with Crippen LogP contribution in [0, 0.1) is 0 Å².